The number of anilines is 2. The third-order valence-corrected chi connectivity index (χ3v) is 9.30. The Hall–Kier alpha value is -3.71. The summed E-state index contributed by atoms with van der Waals surface area (Å²) in [4.78, 5) is 44.9. The van der Waals surface area contributed by atoms with Crippen LogP contribution < -0.4 is 21.7 Å². The van der Waals surface area contributed by atoms with Gasteiger partial charge < -0.3 is 30.9 Å². The zero-order chi connectivity index (χ0) is 31.8. The van der Waals surface area contributed by atoms with Gasteiger partial charge in [0.15, 0.2) is 47.4 Å². The van der Waals surface area contributed by atoms with Gasteiger partial charge in [0.05, 0.1) is 19.3 Å². The number of halogens is 1. The molecule has 3 aliphatic rings. The Bertz CT molecular complexity index is 2010. The van der Waals surface area contributed by atoms with Gasteiger partial charge in [0.2, 0.25) is 5.95 Å². The average Bonchev–Trinajstić information content (AvgIpc) is 3.72. The van der Waals surface area contributed by atoms with Crippen LogP contribution in [0.5, 0.6) is 0 Å². The van der Waals surface area contributed by atoms with Crippen LogP contribution in [0.3, 0.4) is 0 Å². The zero-order valence-corrected chi connectivity index (χ0v) is 24.1. The number of hydrogen-bond acceptors (Lipinski definition) is 17. The second-order valence-corrected chi connectivity index (χ2v) is 12.9. The van der Waals surface area contributed by atoms with Gasteiger partial charge in [-0.05, 0) is 0 Å². The number of aliphatic hydroxyl groups excluding tert-OH is 1. The molecule has 8 N–H and O–H groups in total. The quantitative estimate of drug-likeness (QED) is 0.118. The third kappa shape index (κ3) is 5.23. The van der Waals surface area contributed by atoms with Crippen molar-refractivity contribution in [1.82, 2.24) is 43.8 Å². The van der Waals surface area contributed by atoms with E-state index < -0.39 is 86.0 Å². The predicted molar refractivity (Wildman–Crippen MR) is 143 cm³/mol. The molecule has 3 aliphatic heterocycles. The van der Waals surface area contributed by atoms with Gasteiger partial charge >= 0.3 is 18.1 Å². The van der Waals surface area contributed by atoms with Crippen LogP contribution in [0.4, 0.5) is 16.2 Å². The first-order valence-electron chi connectivity index (χ1n) is 12.9. The van der Waals surface area contributed by atoms with Gasteiger partial charge in [-0.15, -0.1) is 0 Å². The van der Waals surface area contributed by atoms with Crippen LogP contribution in [0, 0.1) is 0 Å². The largest absolute Gasteiger partial charge is 0.472 e. The molecule has 2 bridgehead atoms. The monoisotopic (exact) mass is 675 g/mol. The van der Waals surface area contributed by atoms with Crippen molar-refractivity contribution in [2.45, 2.75) is 49.1 Å². The minimum absolute atomic E-state index is 0.00351. The standard InChI is InChI=1S/C20H23FN11O11PS/c21-8-12-6(40-18(8)31-4-26-9-14(22)24-3-25-15(9)31)1-28-45(37,38)43-13-11(33)7(2-39-44(35,36)42-12)41-19(13)32-5-27-10-16(32)29-20(23)30-17(10)34/h3-8,11-13,18-19,28,33H,1-2H2,(H,35,36)(H2,22,24,25)(H3,23,29,30,34). The second kappa shape index (κ2) is 10.7. The number of nitrogens with two attached hydrogens (primary N) is 2. The number of alkyl halides is 1. The molecule has 25 heteroatoms. The molecule has 7 heterocycles. The van der Waals surface area contributed by atoms with Gasteiger partial charge in [-0.1, -0.05) is 0 Å². The highest BCUT2D eigenvalue weighted by Crippen LogP contribution is 2.50. The number of nitrogen functional groups attached to an aromatic ring is 2. The fourth-order valence-electron chi connectivity index (χ4n) is 5.29. The molecule has 0 saturated carbocycles. The summed E-state index contributed by atoms with van der Waals surface area (Å²) < 4.78 is 86.4. The lowest BCUT2D eigenvalue weighted by atomic mass is 10.1. The number of phosphoric ester groups is 1. The first-order chi connectivity index (χ1) is 21.3. The number of hydrogen-bond donors (Lipinski definition) is 6. The van der Waals surface area contributed by atoms with Gasteiger partial charge in [-0.2, -0.15) is 18.1 Å². The Morgan fingerprint density at radius 3 is 2.51 bits per heavy atom. The summed E-state index contributed by atoms with van der Waals surface area (Å²) >= 11 is 0. The van der Waals surface area contributed by atoms with E-state index in [1.54, 1.807) is 0 Å². The number of aliphatic hydroxyl groups is 1. The number of fused-ring (bicyclic) bond motifs is 5. The summed E-state index contributed by atoms with van der Waals surface area (Å²) in [5.74, 6) is -0.300. The normalized spacial score (nSPS) is 35.5. The molecule has 4 aromatic heterocycles. The molecule has 22 nitrogen and oxygen atoms in total. The van der Waals surface area contributed by atoms with Crippen molar-refractivity contribution in [2.75, 3.05) is 24.6 Å². The van der Waals surface area contributed by atoms with Gasteiger partial charge in [0, 0.05) is 6.54 Å². The predicted octanol–water partition coefficient (Wildman–Crippen LogP) is -2.65. The van der Waals surface area contributed by atoms with Crippen molar-refractivity contribution in [3.8, 4) is 0 Å². The van der Waals surface area contributed by atoms with E-state index in [-0.39, 0.29) is 34.1 Å². The Kier molecular flexibility index (Phi) is 7.12. The maximum absolute atomic E-state index is 15.9. The fraction of sp³-hybridized carbons (Fsp3) is 0.500. The van der Waals surface area contributed by atoms with E-state index in [4.69, 9.17) is 34.2 Å². The molecule has 3 fully saturated rings. The summed E-state index contributed by atoms with van der Waals surface area (Å²) in [5, 5.41) is 11.0. The lowest BCUT2D eigenvalue weighted by molar-refractivity contribution is -0.0536. The molecule has 7 rings (SSSR count). The molecule has 0 aliphatic carbocycles. The highest BCUT2D eigenvalue weighted by molar-refractivity contribution is 7.84. The molecule has 0 radical (unpaired) electrons. The third-order valence-electron chi connectivity index (χ3n) is 7.32. The van der Waals surface area contributed by atoms with Gasteiger partial charge in [-0.25, -0.2) is 33.1 Å². The maximum Gasteiger partial charge on any atom is 0.472 e. The fourth-order valence-corrected chi connectivity index (χ4v) is 7.19. The van der Waals surface area contributed by atoms with Crippen molar-refractivity contribution in [2.24, 2.45) is 0 Å². The van der Waals surface area contributed by atoms with Crippen molar-refractivity contribution < 1.29 is 50.1 Å². The number of H-pyrrole nitrogens is 1. The number of imidazole rings is 2. The summed E-state index contributed by atoms with van der Waals surface area (Å²) in [6.45, 7) is -1.60. The van der Waals surface area contributed by atoms with Gasteiger partial charge in [0.1, 0.15) is 36.3 Å². The number of nitrogens with zero attached hydrogens (tertiary/aromatic N) is 7. The van der Waals surface area contributed by atoms with Crippen LogP contribution in [-0.4, -0.2) is 107 Å². The molecule has 9 atom stereocenters. The van der Waals surface area contributed by atoms with E-state index in [2.05, 4.69) is 34.6 Å². The Balaban J connectivity index is 1.21. The van der Waals surface area contributed by atoms with Gasteiger partial charge in [0.25, 0.3) is 5.56 Å². The first-order valence-corrected chi connectivity index (χ1v) is 15.8. The average molecular weight is 676 g/mol. The molecule has 9 unspecified atom stereocenters. The van der Waals surface area contributed by atoms with Gasteiger partial charge in [-0.3, -0.25) is 28.0 Å². The summed E-state index contributed by atoms with van der Waals surface area (Å²) in [6.07, 6.45) is -10.4. The molecular formula is C20H23FN11O11PS. The number of phosphoric acid groups is 1. The van der Waals surface area contributed by atoms with Crippen molar-refractivity contribution >= 4 is 52.2 Å². The number of rotatable bonds is 2. The highest BCUT2D eigenvalue weighted by Gasteiger charge is 2.53. The van der Waals surface area contributed by atoms with Crippen LogP contribution in [0.2, 0.25) is 0 Å². The van der Waals surface area contributed by atoms with E-state index in [0.717, 1.165) is 28.1 Å². The zero-order valence-electron chi connectivity index (χ0n) is 22.4. The number of ether oxygens (including phenoxy) is 2. The van der Waals surface area contributed by atoms with Crippen LogP contribution in [0.15, 0.2) is 23.8 Å². The molecule has 4 aromatic rings. The van der Waals surface area contributed by atoms with Crippen LogP contribution in [0.25, 0.3) is 22.3 Å². The molecule has 0 spiro atoms. The van der Waals surface area contributed by atoms with Crippen molar-refractivity contribution in [1.29, 1.82) is 0 Å². The number of aromatic amines is 1. The Labute approximate surface area is 249 Å². The minimum Gasteiger partial charge on any atom is -0.387 e. The highest BCUT2D eigenvalue weighted by atomic mass is 32.2. The second-order valence-electron chi connectivity index (χ2n) is 10.1. The summed E-state index contributed by atoms with van der Waals surface area (Å²) in [6, 6.07) is 0. The van der Waals surface area contributed by atoms with E-state index >= 15 is 4.39 Å². The Morgan fingerprint density at radius 1 is 1.02 bits per heavy atom. The Morgan fingerprint density at radius 2 is 1.73 bits per heavy atom. The van der Waals surface area contributed by atoms with Crippen LogP contribution in [0.1, 0.15) is 12.5 Å². The van der Waals surface area contributed by atoms with E-state index in [1.807, 2.05) is 0 Å². The first kappa shape index (κ1) is 30.0. The number of nitrogens with one attached hydrogen (secondary N) is 2. The topological polar surface area (TPSA) is 309 Å². The van der Waals surface area contributed by atoms with Crippen molar-refractivity contribution in [3.05, 3.63) is 29.3 Å². The minimum atomic E-state index is -5.14. The van der Waals surface area contributed by atoms with E-state index in [1.165, 1.54) is 0 Å². The number of aromatic nitrogens is 8. The van der Waals surface area contributed by atoms with E-state index in [0.29, 0.717) is 0 Å². The maximum atomic E-state index is 15.9. The van der Waals surface area contributed by atoms with E-state index in [9.17, 15) is 27.8 Å². The molecule has 45 heavy (non-hydrogen) atoms. The lowest BCUT2D eigenvalue weighted by Gasteiger charge is -2.24. The SMILES string of the molecule is Nc1nc2c(ncn2C2OC3COP(=O)(O)OC4C(CNS(=O)(=O)OC2C3O)OC(n2cnc3c(N)ncnc32)C4F)c(=O)[nH]1. The molecule has 3 saturated heterocycles. The smallest absolute Gasteiger partial charge is 0.387 e. The molecule has 242 valence electrons. The lowest BCUT2D eigenvalue weighted by Crippen LogP contribution is -2.43. The summed E-state index contributed by atoms with van der Waals surface area (Å²) in [7, 11) is -9.94. The molecule has 0 aromatic carbocycles. The van der Waals surface area contributed by atoms with Crippen LogP contribution in [-0.2, 0) is 37.6 Å². The molecule has 0 amide bonds. The van der Waals surface area contributed by atoms with Crippen LogP contribution >= 0.6 is 7.82 Å². The molecular weight excluding hydrogens is 652 g/mol. The van der Waals surface area contributed by atoms with Crippen molar-refractivity contribution in [3.63, 3.8) is 0 Å². The summed E-state index contributed by atoms with van der Waals surface area (Å²) in [5.41, 5.74) is 10.6.